The Kier molecular flexibility index (Phi) is 6.62. The van der Waals surface area contributed by atoms with Gasteiger partial charge in [0.25, 0.3) is 5.91 Å². The molecule has 1 amide bonds. The summed E-state index contributed by atoms with van der Waals surface area (Å²) in [7, 11) is 1.71. The minimum Gasteiger partial charge on any atom is -0.492 e. The summed E-state index contributed by atoms with van der Waals surface area (Å²) in [5, 5.41) is 9.10. The van der Waals surface area contributed by atoms with Gasteiger partial charge in [0.05, 0.1) is 12.1 Å². The van der Waals surface area contributed by atoms with E-state index < -0.39 is 6.10 Å². The van der Waals surface area contributed by atoms with Crippen molar-refractivity contribution < 1.29 is 14.3 Å². The zero-order valence-corrected chi connectivity index (χ0v) is 15.7. The molecule has 0 heterocycles. The summed E-state index contributed by atoms with van der Waals surface area (Å²) in [4.78, 5) is 14.0. The summed E-state index contributed by atoms with van der Waals surface area (Å²) in [6.07, 6.45) is -0.685. The topological polar surface area (TPSA) is 62.6 Å². The van der Waals surface area contributed by atoms with Crippen molar-refractivity contribution >= 4 is 5.91 Å². The molecule has 0 saturated carbocycles. The standard InChI is InChI=1S/C21H24N2O3/c1-15-11-16(2)13-19(12-15)25-10-9-23(4)21(24)17(3)26-20-8-6-5-7-18(20)14-22/h5-8,11-13,17H,9-10H2,1-4H3. The highest BCUT2D eigenvalue weighted by atomic mass is 16.5. The molecule has 136 valence electrons. The normalized spacial score (nSPS) is 11.3. The van der Waals surface area contributed by atoms with Crippen LogP contribution < -0.4 is 9.47 Å². The number of likely N-dealkylation sites (N-methyl/N-ethyl adjacent to an activating group) is 1. The van der Waals surface area contributed by atoms with Crippen molar-refractivity contribution in [2.45, 2.75) is 26.9 Å². The van der Waals surface area contributed by atoms with E-state index in [1.54, 1.807) is 43.1 Å². The quantitative estimate of drug-likeness (QED) is 0.765. The third kappa shape index (κ3) is 5.25. The van der Waals surface area contributed by atoms with Crippen molar-refractivity contribution in [3.63, 3.8) is 0 Å². The predicted octanol–water partition coefficient (Wildman–Crippen LogP) is 3.48. The monoisotopic (exact) mass is 352 g/mol. The number of ether oxygens (including phenoxy) is 2. The maximum absolute atomic E-state index is 12.5. The lowest BCUT2D eigenvalue weighted by Crippen LogP contribution is -2.40. The average molecular weight is 352 g/mol. The van der Waals surface area contributed by atoms with E-state index in [-0.39, 0.29) is 5.91 Å². The van der Waals surface area contributed by atoms with Gasteiger partial charge < -0.3 is 14.4 Å². The SMILES string of the molecule is Cc1cc(C)cc(OCCN(C)C(=O)C(C)Oc2ccccc2C#N)c1. The van der Waals surface area contributed by atoms with Crippen LogP contribution in [0.3, 0.4) is 0 Å². The molecule has 1 atom stereocenters. The first-order valence-electron chi connectivity index (χ1n) is 8.52. The molecule has 0 aliphatic carbocycles. The Morgan fingerprint density at radius 2 is 1.85 bits per heavy atom. The molecule has 0 radical (unpaired) electrons. The van der Waals surface area contributed by atoms with Crippen LogP contribution in [-0.4, -0.2) is 37.1 Å². The molecule has 0 saturated heterocycles. The third-order valence-electron chi connectivity index (χ3n) is 3.93. The molecular weight excluding hydrogens is 328 g/mol. The highest BCUT2D eigenvalue weighted by Crippen LogP contribution is 2.19. The van der Waals surface area contributed by atoms with E-state index in [0.717, 1.165) is 16.9 Å². The molecule has 0 N–H and O–H groups in total. The highest BCUT2D eigenvalue weighted by molar-refractivity contribution is 5.80. The summed E-state index contributed by atoms with van der Waals surface area (Å²) >= 11 is 0. The van der Waals surface area contributed by atoms with Gasteiger partial charge in [0.1, 0.15) is 24.2 Å². The van der Waals surface area contributed by atoms with Gasteiger partial charge in [0.15, 0.2) is 6.10 Å². The molecule has 2 aromatic carbocycles. The van der Waals surface area contributed by atoms with Gasteiger partial charge in [0.2, 0.25) is 0 Å². The second-order valence-electron chi connectivity index (χ2n) is 6.30. The van der Waals surface area contributed by atoms with Crippen molar-refractivity contribution in [1.29, 1.82) is 5.26 Å². The van der Waals surface area contributed by atoms with E-state index in [2.05, 4.69) is 12.1 Å². The molecule has 0 aliphatic rings. The molecule has 0 bridgehead atoms. The molecule has 0 aliphatic heterocycles. The van der Waals surface area contributed by atoms with Crippen molar-refractivity contribution in [3.8, 4) is 17.6 Å². The number of hydrogen-bond donors (Lipinski definition) is 0. The van der Waals surface area contributed by atoms with Crippen LogP contribution in [0.1, 0.15) is 23.6 Å². The fourth-order valence-corrected chi connectivity index (χ4v) is 2.64. The van der Waals surface area contributed by atoms with Crippen molar-refractivity contribution in [2.24, 2.45) is 0 Å². The number of benzene rings is 2. The van der Waals surface area contributed by atoms with E-state index in [0.29, 0.717) is 24.5 Å². The maximum atomic E-state index is 12.5. The number of nitrogens with zero attached hydrogens (tertiary/aromatic N) is 2. The number of rotatable bonds is 7. The summed E-state index contributed by atoms with van der Waals surface area (Å²) in [5.41, 5.74) is 2.69. The number of para-hydroxylation sites is 1. The predicted molar refractivity (Wildman–Crippen MR) is 100 cm³/mol. The Balaban J connectivity index is 1.87. The van der Waals surface area contributed by atoms with Gasteiger partial charge in [-0.2, -0.15) is 5.26 Å². The van der Waals surface area contributed by atoms with Gasteiger partial charge in [-0.15, -0.1) is 0 Å². The van der Waals surface area contributed by atoms with Crippen LogP contribution in [-0.2, 0) is 4.79 Å². The van der Waals surface area contributed by atoms with Crippen molar-refractivity contribution in [1.82, 2.24) is 4.90 Å². The van der Waals surface area contributed by atoms with E-state index in [1.807, 2.05) is 26.0 Å². The first-order valence-corrected chi connectivity index (χ1v) is 8.52. The minimum absolute atomic E-state index is 0.165. The molecule has 0 aromatic heterocycles. The minimum atomic E-state index is -0.685. The first kappa shape index (κ1) is 19.3. The van der Waals surface area contributed by atoms with Crippen molar-refractivity contribution in [2.75, 3.05) is 20.2 Å². The van der Waals surface area contributed by atoms with Crippen LogP contribution in [0.2, 0.25) is 0 Å². The Morgan fingerprint density at radius 3 is 2.50 bits per heavy atom. The molecule has 2 aromatic rings. The van der Waals surface area contributed by atoms with E-state index in [9.17, 15) is 4.79 Å². The molecule has 1 unspecified atom stereocenters. The maximum Gasteiger partial charge on any atom is 0.263 e. The Hall–Kier alpha value is -3.00. The lowest BCUT2D eigenvalue weighted by Gasteiger charge is -2.22. The van der Waals surface area contributed by atoms with Crippen LogP contribution in [0.5, 0.6) is 11.5 Å². The summed E-state index contributed by atoms with van der Waals surface area (Å²) < 4.78 is 11.4. The fourth-order valence-electron chi connectivity index (χ4n) is 2.64. The Labute approximate surface area is 154 Å². The Morgan fingerprint density at radius 1 is 1.19 bits per heavy atom. The van der Waals surface area contributed by atoms with Gasteiger partial charge in [0, 0.05) is 7.05 Å². The van der Waals surface area contributed by atoms with Gasteiger partial charge in [-0.3, -0.25) is 4.79 Å². The van der Waals surface area contributed by atoms with Crippen LogP contribution in [0, 0.1) is 25.2 Å². The number of carbonyl (C=O) groups excluding carboxylic acids is 1. The summed E-state index contributed by atoms with van der Waals surface area (Å²) in [6.45, 7) is 6.56. The smallest absolute Gasteiger partial charge is 0.263 e. The van der Waals surface area contributed by atoms with E-state index in [4.69, 9.17) is 14.7 Å². The number of amides is 1. The molecule has 26 heavy (non-hydrogen) atoms. The zero-order valence-electron chi connectivity index (χ0n) is 15.7. The second-order valence-corrected chi connectivity index (χ2v) is 6.30. The lowest BCUT2D eigenvalue weighted by molar-refractivity contribution is -0.136. The van der Waals surface area contributed by atoms with Crippen LogP contribution in [0.4, 0.5) is 0 Å². The third-order valence-corrected chi connectivity index (χ3v) is 3.93. The molecule has 2 rings (SSSR count). The van der Waals surface area contributed by atoms with E-state index in [1.165, 1.54) is 0 Å². The number of hydrogen-bond acceptors (Lipinski definition) is 4. The number of nitriles is 1. The Bertz CT molecular complexity index is 791. The molecule has 0 fully saturated rings. The lowest BCUT2D eigenvalue weighted by atomic mass is 10.1. The van der Waals surface area contributed by atoms with Crippen LogP contribution >= 0.6 is 0 Å². The van der Waals surface area contributed by atoms with Gasteiger partial charge >= 0.3 is 0 Å². The van der Waals surface area contributed by atoms with Crippen LogP contribution in [0.25, 0.3) is 0 Å². The zero-order chi connectivity index (χ0) is 19.1. The molecule has 5 heteroatoms. The van der Waals surface area contributed by atoms with Crippen molar-refractivity contribution in [3.05, 3.63) is 59.2 Å². The van der Waals surface area contributed by atoms with Crippen LogP contribution in [0.15, 0.2) is 42.5 Å². The van der Waals surface area contributed by atoms with E-state index >= 15 is 0 Å². The van der Waals surface area contributed by atoms with Gasteiger partial charge in [-0.05, 0) is 56.2 Å². The van der Waals surface area contributed by atoms with Gasteiger partial charge in [-0.1, -0.05) is 18.2 Å². The number of aryl methyl sites for hydroxylation is 2. The first-order chi connectivity index (χ1) is 12.4. The summed E-state index contributed by atoms with van der Waals surface area (Å²) in [5.74, 6) is 1.05. The molecule has 5 nitrogen and oxygen atoms in total. The molecule has 0 spiro atoms. The van der Waals surface area contributed by atoms with Gasteiger partial charge in [-0.25, -0.2) is 0 Å². The fraction of sp³-hybridized carbons (Fsp3) is 0.333. The second kappa shape index (κ2) is 8.91. The number of carbonyl (C=O) groups is 1. The average Bonchev–Trinajstić information content (AvgIpc) is 2.60. The highest BCUT2D eigenvalue weighted by Gasteiger charge is 2.20. The summed E-state index contributed by atoms with van der Waals surface area (Å²) in [6, 6.07) is 15.0. The largest absolute Gasteiger partial charge is 0.492 e. The molecular formula is C21H24N2O3.